The molecular formula is C17H29N5O8. The highest BCUT2D eigenvalue weighted by Crippen LogP contribution is 2.09. The van der Waals surface area contributed by atoms with Crippen LogP contribution in [0.2, 0.25) is 0 Å². The van der Waals surface area contributed by atoms with Crippen molar-refractivity contribution in [3.8, 4) is 0 Å². The van der Waals surface area contributed by atoms with E-state index in [4.69, 9.17) is 16.6 Å². The predicted molar refractivity (Wildman–Crippen MR) is 103 cm³/mol. The smallest absolute Gasteiger partial charge is 0.326 e. The zero-order valence-corrected chi connectivity index (χ0v) is 17.0. The molecule has 9 N–H and O–H groups in total. The van der Waals surface area contributed by atoms with Crippen LogP contribution in [-0.2, 0) is 28.8 Å². The van der Waals surface area contributed by atoms with E-state index in [1.54, 1.807) is 13.8 Å². The third-order valence-electron chi connectivity index (χ3n) is 4.30. The van der Waals surface area contributed by atoms with Crippen LogP contribution in [0, 0.1) is 5.92 Å². The molecule has 4 amide bonds. The van der Waals surface area contributed by atoms with Crippen molar-refractivity contribution >= 4 is 35.6 Å². The van der Waals surface area contributed by atoms with Crippen molar-refractivity contribution in [3.63, 3.8) is 0 Å². The highest BCUT2D eigenvalue weighted by molar-refractivity contribution is 5.96. The molecule has 30 heavy (non-hydrogen) atoms. The summed E-state index contributed by atoms with van der Waals surface area (Å²) >= 11 is 0. The number of carboxylic acids is 2. The SMILES string of the molecule is CCC(C)C(NC(=O)C(CC(N)=O)NC(=O)C(C)NC(=O)C(N)CC(=O)O)C(=O)O. The van der Waals surface area contributed by atoms with Gasteiger partial charge in [0.2, 0.25) is 23.6 Å². The van der Waals surface area contributed by atoms with E-state index in [0.717, 1.165) is 0 Å². The topological polar surface area (TPSA) is 231 Å². The highest BCUT2D eigenvalue weighted by atomic mass is 16.4. The second kappa shape index (κ2) is 12.4. The summed E-state index contributed by atoms with van der Waals surface area (Å²) in [5, 5.41) is 24.6. The monoisotopic (exact) mass is 431 g/mol. The van der Waals surface area contributed by atoms with E-state index in [-0.39, 0.29) is 0 Å². The number of carboxylic acid groups (broad SMARTS) is 2. The summed E-state index contributed by atoms with van der Waals surface area (Å²) in [4.78, 5) is 69.8. The highest BCUT2D eigenvalue weighted by Gasteiger charge is 2.31. The van der Waals surface area contributed by atoms with Gasteiger partial charge in [-0.25, -0.2) is 4.79 Å². The molecule has 0 aliphatic heterocycles. The van der Waals surface area contributed by atoms with Crippen molar-refractivity contribution in [1.82, 2.24) is 16.0 Å². The van der Waals surface area contributed by atoms with E-state index in [9.17, 15) is 33.9 Å². The van der Waals surface area contributed by atoms with Crippen LogP contribution in [0.3, 0.4) is 0 Å². The molecule has 0 heterocycles. The number of carbonyl (C=O) groups is 6. The second-order valence-electron chi connectivity index (χ2n) is 6.88. The molecule has 0 saturated heterocycles. The number of amides is 4. The van der Waals surface area contributed by atoms with E-state index in [1.165, 1.54) is 6.92 Å². The average Bonchev–Trinajstić information content (AvgIpc) is 2.63. The van der Waals surface area contributed by atoms with Gasteiger partial charge in [-0.3, -0.25) is 24.0 Å². The lowest BCUT2D eigenvalue weighted by Crippen LogP contribution is -2.57. The van der Waals surface area contributed by atoms with E-state index >= 15 is 0 Å². The molecule has 0 saturated carbocycles. The second-order valence-corrected chi connectivity index (χ2v) is 6.88. The standard InChI is InChI=1S/C17H29N5O8/c1-4-7(2)13(17(29)30)22-16(28)10(6-11(19)23)21-14(26)8(3)20-15(27)9(18)5-12(24)25/h7-10,13H,4-6,18H2,1-3H3,(H2,19,23)(H,20,27)(H,21,26)(H,22,28)(H,24,25)(H,29,30). The Balaban J connectivity index is 5.18. The Morgan fingerprint density at radius 2 is 1.43 bits per heavy atom. The molecule has 0 spiro atoms. The summed E-state index contributed by atoms with van der Waals surface area (Å²) in [7, 11) is 0. The molecule has 13 nitrogen and oxygen atoms in total. The van der Waals surface area contributed by atoms with Gasteiger partial charge in [0.15, 0.2) is 0 Å². The third-order valence-corrected chi connectivity index (χ3v) is 4.30. The van der Waals surface area contributed by atoms with Crippen molar-refractivity contribution in [2.75, 3.05) is 0 Å². The normalized spacial score (nSPS) is 15.6. The summed E-state index contributed by atoms with van der Waals surface area (Å²) in [6.45, 7) is 4.59. The Labute approximate surface area is 172 Å². The zero-order chi connectivity index (χ0) is 23.6. The molecule has 0 aromatic rings. The summed E-state index contributed by atoms with van der Waals surface area (Å²) in [6.07, 6.45) is -0.813. The van der Waals surface area contributed by atoms with E-state index < -0.39 is 78.5 Å². The number of nitrogens with one attached hydrogen (secondary N) is 3. The molecule has 0 aromatic heterocycles. The molecular weight excluding hydrogens is 402 g/mol. The van der Waals surface area contributed by atoms with Gasteiger partial charge in [0.05, 0.1) is 18.9 Å². The van der Waals surface area contributed by atoms with Gasteiger partial charge in [-0.2, -0.15) is 0 Å². The van der Waals surface area contributed by atoms with Crippen molar-refractivity contribution in [2.45, 2.75) is 64.2 Å². The van der Waals surface area contributed by atoms with Crippen molar-refractivity contribution < 1.29 is 39.0 Å². The van der Waals surface area contributed by atoms with Gasteiger partial charge in [0.1, 0.15) is 18.1 Å². The van der Waals surface area contributed by atoms with Crippen LogP contribution in [0.15, 0.2) is 0 Å². The largest absolute Gasteiger partial charge is 0.481 e. The van der Waals surface area contributed by atoms with Crippen LogP contribution in [0.4, 0.5) is 0 Å². The number of primary amides is 1. The number of hydrogen-bond acceptors (Lipinski definition) is 7. The minimum Gasteiger partial charge on any atom is -0.481 e. The van der Waals surface area contributed by atoms with Crippen LogP contribution in [-0.4, -0.2) is 69.9 Å². The Bertz CT molecular complexity index is 683. The van der Waals surface area contributed by atoms with E-state index in [1.807, 2.05) is 0 Å². The predicted octanol–water partition coefficient (Wildman–Crippen LogP) is -2.73. The fraction of sp³-hybridized carbons (Fsp3) is 0.647. The van der Waals surface area contributed by atoms with Gasteiger partial charge in [0, 0.05) is 0 Å². The molecule has 0 rings (SSSR count). The number of aliphatic carboxylic acids is 2. The van der Waals surface area contributed by atoms with Gasteiger partial charge < -0.3 is 37.6 Å². The maximum atomic E-state index is 12.5. The molecule has 5 atom stereocenters. The molecule has 0 fully saturated rings. The van der Waals surface area contributed by atoms with Crippen LogP contribution in [0.5, 0.6) is 0 Å². The lowest BCUT2D eigenvalue weighted by molar-refractivity contribution is -0.144. The minimum atomic E-state index is -1.48. The van der Waals surface area contributed by atoms with Crippen molar-refractivity contribution in [2.24, 2.45) is 17.4 Å². The average molecular weight is 431 g/mol. The summed E-state index contributed by atoms with van der Waals surface area (Å²) in [6, 6.07) is -5.35. The Kier molecular flexibility index (Phi) is 11.0. The first-order chi connectivity index (χ1) is 13.8. The quantitative estimate of drug-likeness (QED) is 0.160. The molecule has 0 aliphatic carbocycles. The fourth-order valence-electron chi connectivity index (χ4n) is 2.31. The number of carbonyl (C=O) groups excluding carboxylic acids is 4. The summed E-state index contributed by atoms with van der Waals surface area (Å²) < 4.78 is 0. The lowest BCUT2D eigenvalue weighted by Gasteiger charge is -2.25. The van der Waals surface area contributed by atoms with Crippen molar-refractivity contribution in [1.29, 1.82) is 0 Å². The van der Waals surface area contributed by atoms with Crippen LogP contribution >= 0.6 is 0 Å². The first kappa shape index (κ1) is 26.8. The molecule has 13 heteroatoms. The minimum absolute atomic E-state index is 0.426. The number of rotatable bonds is 13. The van der Waals surface area contributed by atoms with Gasteiger partial charge in [0.25, 0.3) is 0 Å². The van der Waals surface area contributed by atoms with Crippen LogP contribution in [0.25, 0.3) is 0 Å². The Hall–Kier alpha value is -3.22. The number of hydrogen-bond donors (Lipinski definition) is 7. The molecule has 0 aromatic carbocycles. The van der Waals surface area contributed by atoms with Gasteiger partial charge in [-0.15, -0.1) is 0 Å². The Morgan fingerprint density at radius 3 is 1.87 bits per heavy atom. The zero-order valence-electron chi connectivity index (χ0n) is 17.0. The van der Waals surface area contributed by atoms with Crippen LogP contribution in [0.1, 0.15) is 40.0 Å². The maximum absolute atomic E-state index is 12.5. The molecule has 170 valence electrons. The Morgan fingerprint density at radius 1 is 0.867 bits per heavy atom. The van der Waals surface area contributed by atoms with E-state index in [0.29, 0.717) is 6.42 Å². The summed E-state index contributed by atoms with van der Waals surface area (Å²) in [5.41, 5.74) is 10.5. The lowest BCUT2D eigenvalue weighted by atomic mass is 9.98. The third kappa shape index (κ3) is 9.32. The fourth-order valence-corrected chi connectivity index (χ4v) is 2.31. The molecule has 0 aliphatic rings. The first-order valence-corrected chi connectivity index (χ1v) is 9.19. The molecule has 5 unspecified atom stereocenters. The van der Waals surface area contributed by atoms with Gasteiger partial charge >= 0.3 is 11.9 Å². The van der Waals surface area contributed by atoms with Crippen molar-refractivity contribution in [3.05, 3.63) is 0 Å². The summed E-state index contributed by atoms with van der Waals surface area (Å²) in [5.74, 6) is -6.66. The van der Waals surface area contributed by atoms with E-state index in [2.05, 4.69) is 16.0 Å². The number of nitrogens with two attached hydrogens (primary N) is 2. The first-order valence-electron chi connectivity index (χ1n) is 9.19. The molecule has 0 bridgehead atoms. The van der Waals surface area contributed by atoms with Crippen LogP contribution < -0.4 is 27.4 Å². The maximum Gasteiger partial charge on any atom is 0.326 e. The van der Waals surface area contributed by atoms with Gasteiger partial charge in [-0.05, 0) is 12.8 Å². The molecule has 0 radical (unpaired) electrons. The van der Waals surface area contributed by atoms with Gasteiger partial charge in [-0.1, -0.05) is 20.3 Å².